The monoisotopic (exact) mass is 229 g/mol. The molecule has 2 nitrogen and oxygen atoms in total. The maximum atomic E-state index is 9.65. The lowest BCUT2D eigenvalue weighted by atomic mass is 10.5. The first kappa shape index (κ1) is 8.40. The second-order valence-corrected chi connectivity index (χ2v) is 4.17. The quantitative estimate of drug-likeness (QED) is 0.567. The van der Waals surface area contributed by atoms with Crippen LogP contribution < -0.4 is 0 Å². The van der Waals surface area contributed by atoms with Gasteiger partial charge in [-0.05, 0) is 34.1 Å². The van der Waals surface area contributed by atoms with Crippen molar-refractivity contribution >= 4 is 39.4 Å². The minimum atomic E-state index is 1.05. The highest BCUT2D eigenvalue weighted by Crippen LogP contribution is 2.22. The van der Waals surface area contributed by atoms with Gasteiger partial charge in [-0.3, -0.25) is 0 Å². The topological polar surface area (TPSA) is 29.4 Å². The summed E-state index contributed by atoms with van der Waals surface area (Å²) in [6, 6.07) is 3.88. The molecule has 0 N–H and O–H groups in total. The highest BCUT2D eigenvalue weighted by Gasteiger charge is 1.90. The Morgan fingerprint density at radius 1 is 1.64 bits per heavy atom. The Morgan fingerprint density at radius 3 is 3.00 bits per heavy atom. The highest BCUT2D eigenvalue weighted by atomic mass is 79.9. The molecule has 1 heterocycles. The Balaban J connectivity index is 2.71. The molecule has 0 atom stereocenters. The van der Waals surface area contributed by atoms with E-state index >= 15 is 0 Å². The molecule has 0 saturated heterocycles. The van der Waals surface area contributed by atoms with Crippen molar-refractivity contribution in [2.75, 3.05) is 0 Å². The summed E-state index contributed by atoms with van der Waals surface area (Å²) in [5.41, 5.74) is 0. The number of nitrogens with zero attached hydrogens (tertiary/aromatic N) is 1. The molecule has 0 unspecified atom stereocenters. The summed E-state index contributed by atoms with van der Waals surface area (Å²) in [4.78, 5) is 14.0. The molecule has 0 saturated carbocycles. The van der Waals surface area contributed by atoms with Crippen LogP contribution in [0.4, 0.5) is 0 Å². The largest absolute Gasteiger partial charge is 0.239 e. The maximum Gasteiger partial charge on any atom is 0.239 e. The summed E-state index contributed by atoms with van der Waals surface area (Å²) in [5.74, 6) is 0. The van der Waals surface area contributed by atoms with Crippen molar-refractivity contribution in [2.24, 2.45) is 4.99 Å². The van der Waals surface area contributed by atoms with E-state index in [9.17, 15) is 4.79 Å². The molecule has 0 aliphatic rings. The van der Waals surface area contributed by atoms with Crippen LogP contribution in [0.25, 0.3) is 6.08 Å². The van der Waals surface area contributed by atoms with Crippen molar-refractivity contribution in [1.82, 2.24) is 0 Å². The van der Waals surface area contributed by atoms with Gasteiger partial charge in [-0.25, -0.2) is 4.79 Å². The molecule has 56 valence electrons. The predicted octanol–water partition coefficient (Wildman–Crippen LogP) is 2.82. The molecule has 0 radical (unpaired) electrons. The molecule has 0 bridgehead atoms. The summed E-state index contributed by atoms with van der Waals surface area (Å²) in [5, 5.41) is 0. The van der Waals surface area contributed by atoms with Gasteiger partial charge in [0.25, 0.3) is 0 Å². The van der Waals surface area contributed by atoms with Crippen LogP contribution in [0, 0.1) is 0 Å². The van der Waals surface area contributed by atoms with Gasteiger partial charge >= 0.3 is 0 Å². The first-order valence-corrected chi connectivity index (χ1v) is 4.43. The van der Waals surface area contributed by atoms with E-state index in [4.69, 9.17) is 0 Å². The molecule has 0 aromatic carbocycles. The van der Waals surface area contributed by atoms with Crippen molar-refractivity contribution < 1.29 is 4.79 Å². The molecule has 0 fully saturated rings. The fourth-order valence-electron chi connectivity index (χ4n) is 0.559. The van der Waals surface area contributed by atoms with Gasteiger partial charge in [-0.2, -0.15) is 4.99 Å². The smallest absolute Gasteiger partial charge is 0.211 e. The van der Waals surface area contributed by atoms with Gasteiger partial charge in [0, 0.05) is 11.1 Å². The summed E-state index contributed by atoms with van der Waals surface area (Å²) >= 11 is 4.90. The summed E-state index contributed by atoms with van der Waals surface area (Å²) in [6.07, 6.45) is 4.60. The first-order chi connectivity index (χ1) is 5.33. The van der Waals surface area contributed by atoms with Gasteiger partial charge in [-0.15, -0.1) is 11.3 Å². The van der Waals surface area contributed by atoms with Gasteiger partial charge < -0.3 is 0 Å². The van der Waals surface area contributed by atoms with Crippen LogP contribution in [0.2, 0.25) is 0 Å². The van der Waals surface area contributed by atoms with E-state index < -0.39 is 0 Å². The average Bonchev–Trinajstić information content (AvgIpc) is 2.37. The molecule has 4 heteroatoms. The van der Waals surface area contributed by atoms with Crippen LogP contribution in [-0.2, 0) is 4.79 Å². The van der Waals surface area contributed by atoms with Crippen LogP contribution >= 0.6 is 27.3 Å². The van der Waals surface area contributed by atoms with Crippen molar-refractivity contribution in [3.63, 3.8) is 0 Å². The normalized spacial score (nSPS) is 9.91. The molecule has 1 aromatic heterocycles. The Hall–Kier alpha value is -0.700. The predicted molar refractivity (Wildman–Crippen MR) is 49.2 cm³/mol. The van der Waals surface area contributed by atoms with E-state index in [1.54, 1.807) is 17.4 Å². The zero-order valence-electron chi connectivity index (χ0n) is 5.45. The number of isocyanates is 1. The van der Waals surface area contributed by atoms with Crippen LogP contribution in [0.15, 0.2) is 27.1 Å². The molecule has 11 heavy (non-hydrogen) atoms. The third-order valence-electron chi connectivity index (χ3n) is 0.960. The van der Waals surface area contributed by atoms with Crippen molar-refractivity contribution in [3.8, 4) is 0 Å². The minimum absolute atomic E-state index is 1.05. The lowest BCUT2D eigenvalue weighted by Gasteiger charge is -1.76. The fraction of sp³-hybridized carbons (Fsp3) is 0. The Morgan fingerprint density at radius 2 is 2.45 bits per heavy atom. The number of rotatable bonds is 2. The summed E-state index contributed by atoms with van der Waals surface area (Å²) in [7, 11) is 0. The Kier molecular flexibility index (Phi) is 3.23. The number of aliphatic imine (C=N–C) groups is 1. The highest BCUT2D eigenvalue weighted by molar-refractivity contribution is 9.11. The van der Waals surface area contributed by atoms with E-state index in [0.29, 0.717) is 0 Å². The second-order valence-electron chi connectivity index (χ2n) is 1.68. The van der Waals surface area contributed by atoms with E-state index in [1.165, 1.54) is 12.3 Å². The molecule has 0 amide bonds. The average molecular weight is 230 g/mol. The SMILES string of the molecule is O=C=N/C=C\c1ccc(Br)s1. The molecule has 0 spiro atoms. The van der Waals surface area contributed by atoms with Crippen LogP contribution in [-0.4, -0.2) is 6.08 Å². The van der Waals surface area contributed by atoms with Crippen molar-refractivity contribution in [3.05, 3.63) is 27.0 Å². The minimum Gasteiger partial charge on any atom is -0.211 e. The lowest BCUT2D eigenvalue weighted by Crippen LogP contribution is -1.53. The lowest BCUT2D eigenvalue weighted by molar-refractivity contribution is 0.565. The molecular formula is C7H4BrNOS. The summed E-state index contributed by atoms with van der Waals surface area (Å²) < 4.78 is 1.06. The van der Waals surface area contributed by atoms with E-state index in [2.05, 4.69) is 20.9 Å². The molecule has 1 rings (SSSR count). The third kappa shape index (κ3) is 2.80. The first-order valence-electron chi connectivity index (χ1n) is 2.82. The van der Waals surface area contributed by atoms with Crippen LogP contribution in [0.1, 0.15) is 4.88 Å². The van der Waals surface area contributed by atoms with Crippen LogP contribution in [0.5, 0.6) is 0 Å². The number of halogens is 1. The zero-order chi connectivity index (χ0) is 8.10. The van der Waals surface area contributed by atoms with Crippen molar-refractivity contribution in [1.29, 1.82) is 0 Å². The standard InChI is InChI=1S/C7H4BrNOS/c8-7-2-1-6(11-7)3-4-9-5-10/h1-4H/b4-3-. The summed E-state index contributed by atoms with van der Waals surface area (Å²) in [6.45, 7) is 0. The van der Waals surface area contributed by atoms with Crippen LogP contribution in [0.3, 0.4) is 0 Å². The van der Waals surface area contributed by atoms with E-state index in [-0.39, 0.29) is 0 Å². The van der Waals surface area contributed by atoms with E-state index in [0.717, 1.165) is 8.66 Å². The van der Waals surface area contributed by atoms with Gasteiger partial charge in [0.05, 0.1) is 3.79 Å². The second kappa shape index (κ2) is 4.23. The van der Waals surface area contributed by atoms with Gasteiger partial charge in [0.15, 0.2) is 0 Å². The molecule has 1 aromatic rings. The number of hydrogen-bond acceptors (Lipinski definition) is 3. The number of carbonyl (C=O) groups excluding carboxylic acids is 1. The van der Waals surface area contributed by atoms with Crippen molar-refractivity contribution in [2.45, 2.75) is 0 Å². The number of hydrogen-bond donors (Lipinski definition) is 0. The molecular weight excluding hydrogens is 226 g/mol. The zero-order valence-corrected chi connectivity index (χ0v) is 7.85. The van der Waals surface area contributed by atoms with E-state index in [1.807, 2.05) is 12.1 Å². The fourth-order valence-corrected chi connectivity index (χ4v) is 1.88. The van der Waals surface area contributed by atoms with Gasteiger partial charge in [-0.1, -0.05) is 0 Å². The number of thiophene rings is 1. The third-order valence-corrected chi connectivity index (χ3v) is 2.55. The Labute approximate surface area is 76.4 Å². The van der Waals surface area contributed by atoms with Gasteiger partial charge in [0.1, 0.15) is 0 Å². The van der Waals surface area contributed by atoms with Gasteiger partial charge in [0.2, 0.25) is 6.08 Å². The maximum absolute atomic E-state index is 9.65. The molecule has 0 aliphatic carbocycles. The Bertz CT molecular complexity index is 312. The molecule has 0 aliphatic heterocycles.